The lowest BCUT2D eigenvalue weighted by molar-refractivity contribution is -0.153. The van der Waals surface area contributed by atoms with Crippen molar-refractivity contribution in [2.45, 2.75) is 19.0 Å². The molecule has 1 aliphatic carbocycles. The number of likely N-dealkylation sites (N-methyl/N-ethyl adjacent to an activating group) is 1. The Morgan fingerprint density at radius 1 is 1.21 bits per heavy atom. The number of pyridine rings is 1. The number of oxazole rings is 1. The third-order valence-electron chi connectivity index (χ3n) is 5.14. The van der Waals surface area contributed by atoms with E-state index < -0.39 is 23.5 Å². The molecule has 0 spiro atoms. The SMILES string of the molecule is CN(CCOCC1CC1)c1ccc(NC(=O)c2nc(-c3ccccc3)oc2C(F)(F)F)cn1. The smallest absolute Gasteiger partial charge is 0.431 e. The number of benzene rings is 1. The first-order valence-electron chi connectivity index (χ1n) is 10.5. The lowest BCUT2D eigenvalue weighted by atomic mass is 10.2. The van der Waals surface area contributed by atoms with Crippen LogP contribution in [0.2, 0.25) is 0 Å². The van der Waals surface area contributed by atoms with Crippen LogP contribution in [0.15, 0.2) is 53.1 Å². The predicted octanol–water partition coefficient (Wildman–Crippen LogP) is 4.87. The molecule has 174 valence electrons. The molecule has 0 saturated heterocycles. The van der Waals surface area contributed by atoms with E-state index >= 15 is 0 Å². The Kier molecular flexibility index (Phi) is 6.64. The molecule has 2 aromatic heterocycles. The minimum Gasteiger partial charge on any atom is -0.431 e. The largest absolute Gasteiger partial charge is 0.452 e. The molecule has 3 aromatic rings. The average Bonchev–Trinajstić information content (AvgIpc) is 3.51. The first kappa shape index (κ1) is 22.8. The van der Waals surface area contributed by atoms with Crippen molar-refractivity contribution < 1.29 is 27.1 Å². The summed E-state index contributed by atoms with van der Waals surface area (Å²) in [5, 5.41) is 2.41. The van der Waals surface area contributed by atoms with Gasteiger partial charge in [-0.3, -0.25) is 4.79 Å². The number of amides is 1. The zero-order valence-corrected chi connectivity index (χ0v) is 17.9. The molecule has 1 aromatic carbocycles. The van der Waals surface area contributed by atoms with E-state index in [0.29, 0.717) is 30.5 Å². The van der Waals surface area contributed by atoms with Gasteiger partial charge in [0.2, 0.25) is 11.7 Å². The van der Waals surface area contributed by atoms with Crippen molar-refractivity contribution in [1.29, 1.82) is 0 Å². The van der Waals surface area contributed by atoms with E-state index in [2.05, 4.69) is 15.3 Å². The highest BCUT2D eigenvalue weighted by molar-refractivity contribution is 6.04. The minimum atomic E-state index is -4.88. The number of rotatable bonds is 9. The first-order valence-corrected chi connectivity index (χ1v) is 10.5. The van der Waals surface area contributed by atoms with Gasteiger partial charge in [-0.15, -0.1) is 0 Å². The van der Waals surface area contributed by atoms with Crippen LogP contribution < -0.4 is 10.2 Å². The van der Waals surface area contributed by atoms with Crippen molar-refractivity contribution in [2.24, 2.45) is 5.92 Å². The summed E-state index contributed by atoms with van der Waals surface area (Å²) >= 11 is 0. The predicted molar refractivity (Wildman–Crippen MR) is 116 cm³/mol. The normalized spacial score (nSPS) is 13.7. The maximum absolute atomic E-state index is 13.5. The molecule has 1 N–H and O–H groups in total. The molecular formula is C23H23F3N4O3. The summed E-state index contributed by atoms with van der Waals surface area (Å²) in [6, 6.07) is 11.3. The van der Waals surface area contributed by atoms with Gasteiger partial charge in [0.1, 0.15) is 5.82 Å². The number of aromatic nitrogens is 2. The van der Waals surface area contributed by atoms with Crippen molar-refractivity contribution >= 4 is 17.4 Å². The Morgan fingerprint density at radius 2 is 1.97 bits per heavy atom. The molecular weight excluding hydrogens is 437 g/mol. The van der Waals surface area contributed by atoms with E-state index in [9.17, 15) is 18.0 Å². The van der Waals surface area contributed by atoms with Crippen molar-refractivity contribution in [3.05, 3.63) is 60.1 Å². The molecule has 2 heterocycles. The van der Waals surface area contributed by atoms with Gasteiger partial charge in [-0.25, -0.2) is 9.97 Å². The number of alkyl halides is 3. The molecule has 7 nitrogen and oxygen atoms in total. The second-order valence-corrected chi connectivity index (χ2v) is 7.86. The number of hydrogen-bond acceptors (Lipinski definition) is 6. The Balaban J connectivity index is 1.42. The lowest BCUT2D eigenvalue weighted by Gasteiger charge is -2.18. The molecule has 10 heteroatoms. The summed E-state index contributed by atoms with van der Waals surface area (Å²) in [4.78, 5) is 22.6. The molecule has 1 aliphatic rings. The van der Waals surface area contributed by atoms with Gasteiger partial charge in [0.25, 0.3) is 5.91 Å². The van der Waals surface area contributed by atoms with Crippen LogP contribution in [0.25, 0.3) is 11.5 Å². The quantitative estimate of drug-likeness (QED) is 0.459. The topological polar surface area (TPSA) is 80.5 Å². The lowest BCUT2D eigenvalue weighted by Crippen LogP contribution is -2.24. The number of carbonyl (C=O) groups is 1. The fourth-order valence-electron chi connectivity index (χ4n) is 3.10. The van der Waals surface area contributed by atoms with E-state index in [4.69, 9.17) is 9.15 Å². The van der Waals surface area contributed by atoms with Gasteiger partial charge in [0, 0.05) is 25.8 Å². The number of nitrogens with zero attached hydrogens (tertiary/aromatic N) is 3. The number of halogens is 3. The van der Waals surface area contributed by atoms with Crippen LogP contribution in [0.5, 0.6) is 0 Å². The van der Waals surface area contributed by atoms with Gasteiger partial charge in [-0.1, -0.05) is 18.2 Å². The number of anilines is 2. The van der Waals surface area contributed by atoms with Crippen LogP contribution >= 0.6 is 0 Å². The highest BCUT2D eigenvalue weighted by Gasteiger charge is 2.42. The van der Waals surface area contributed by atoms with E-state index in [1.165, 1.54) is 19.0 Å². The fraction of sp³-hybridized carbons (Fsp3) is 0.348. The summed E-state index contributed by atoms with van der Waals surface area (Å²) in [6.07, 6.45) is -1.03. The summed E-state index contributed by atoms with van der Waals surface area (Å²) in [6.45, 7) is 1.99. The van der Waals surface area contributed by atoms with Crippen molar-refractivity contribution in [3.63, 3.8) is 0 Å². The van der Waals surface area contributed by atoms with Gasteiger partial charge < -0.3 is 19.4 Å². The van der Waals surface area contributed by atoms with E-state index in [0.717, 1.165) is 6.61 Å². The highest BCUT2D eigenvalue weighted by Crippen LogP contribution is 2.35. The van der Waals surface area contributed by atoms with Crippen molar-refractivity contribution in [3.8, 4) is 11.5 Å². The maximum atomic E-state index is 13.5. The summed E-state index contributed by atoms with van der Waals surface area (Å²) in [5.74, 6) is -1.43. The number of carbonyl (C=O) groups excluding carboxylic acids is 1. The number of hydrogen-bond donors (Lipinski definition) is 1. The van der Waals surface area contributed by atoms with Crippen molar-refractivity contribution in [2.75, 3.05) is 37.0 Å². The molecule has 1 fully saturated rings. The number of nitrogens with one attached hydrogen (secondary N) is 1. The third kappa shape index (κ3) is 5.89. The fourth-order valence-corrected chi connectivity index (χ4v) is 3.10. The van der Waals surface area contributed by atoms with E-state index in [1.807, 2.05) is 11.9 Å². The summed E-state index contributed by atoms with van der Waals surface area (Å²) in [7, 11) is 1.86. The van der Waals surface area contributed by atoms with Gasteiger partial charge in [0.05, 0.1) is 18.5 Å². The van der Waals surface area contributed by atoms with Crippen LogP contribution in [-0.2, 0) is 10.9 Å². The van der Waals surface area contributed by atoms with Crippen LogP contribution in [0.1, 0.15) is 29.1 Å². The Labute approximate surface area is 188 Å². The maximum Gasteiger partial charge on any atom is 0.452 e. The molecule has 0 radical (unpaired) electrons. The molecule has 0 unspecified atom stereocenters. The Bertz CT molecular complexity index is 1080. The second-order valence-electron chi connectivity index (χ2n) is 7.86. The van der Waals surface area contributed by atoms with Gasteiger partial charge in [0.15, 0.2) is 5.69 Å². The second kappa shape index (κ2) is 9.62. The highest BCUT2D eigenvalue weighted by atomic mass is 19.4. The molecule has 4 rings (SSSR count). The summed E-state index contributed by atoms with van der Waals surface area (Å²) in [5.41, 5.74) is -0.271. The first-order chi connectivity index (χ1) is 15.8. The van der Waals surface area contributed by atoms with E-state index in [-0.39, 0.29) is 11.6 Å². The Hall–Kier alpha value is -3.40. The third-order valence-corrected chi connectivity index (χ3v) is 5.14. The minimum absolute atomic E-state index is 0.236. The molecule has 0 atom stereocenters. The standard InChI is InChI=1S/C23H23F3N4O3/c1-30(11-12-32-14-15-7-8-15)18-10-9-17(13-27-18)28-21(31)19-20(23(24,25)26)33-22(29-19)16-5-3-2-4-6-16/h2-6,9-10,13,15H,7-8,11-12,14H2,1H3,(H,28,31). The van der Waals surface area contributed by atoms with Crippen molar-refractivity contribution in [1.82, 2.24) is 9.97 Å². The van der Waals surface area contributed by atoms with Crippen LogP contribution in [0, 0.1) is 5.92 Å². The Morgan fingerprint density at radius 3 is 2.61 bits per heavy atom. The molecule has 33 heavy (non-hydrogen) atoms. The van der Waals surface area contributed by atoms with Gasteiger partial charge in [-0.2, -0.15) is 13.2 Å². The van der Waals surface area contributed by atoms with Gasteiger partial charge >= 0.3 is 6.18 Å². The average molecular weight is 460 g/mol. The molecule has 0 bridgehead atoms. The molecule has 0 aliphatic heterocycles. The molecule has 1 saturated carbocycles. The summed E-state index contributed by atoms with van der Waals surface area (Å²) < 4.78 is 50.9. The van der Waals surface area contributed by atoms with Crippen LogP contribution in [-0.4, -0.2) is 42.7 Å². The number of ether oxygens (including phenoxy) is 1. The van der Waals surface area contributed by atoms with Gasteiger partial charge in [-0.05, 0) is 43.0 Å². The molecule has 1 amide bonds. The zero-order chi connectivity index (χ0) is 23.4. The zero-order valence-electron chi connectivity index (χ0n) is 17.9. The monoisotopic (exact) mass is 460 g/mol. The van der Waals surface area contributed by atoms with E-state index in [1.54, 1.807) is 42.5 Å². The van der Waals surface area contributed by atoms with Crippen LogP contribution in [0.3, 0.4) is 0 Å². The van der Waals surface area contributed by atoms with Crippen LogP contribution in [0.4, 0.5) is 24.7 Å².